The molecule has 0 aromatic heterocycles. The van der Waals surface area contributed by atoms with Gasteiger partial charge in [0.25, 0.3) is 5.91 Å². The summed E-state index contributed by atoms with van der Waals surface area (Å²) in [6, 6.07) is 12.0. The van der Waals surface area contributed by atoms with Gasteiger partial charge in [-0.25, -0.2) is 0 Å². The van der Waals surface area contributed by atoms with Gasteiger partial charge in [0.05, 0.1) is 6.04 Å². The molecule has 5 nitrogen and oxygen atoms in total. The molecular formula is C19H19Cl2N3O2. The van der Waals surface area contributed by atoms with Crippen molar-refractivity contribution < 1.29 is 9.59 Å². The number of nitrogens with zero attached hydrogens (tertiary/aromatic N) is 1. The second-order valence-corrected chi connectivity index (χ2v) is 7.22. The van der Waals surface area contributed by atoms with Gasteiger partial charge < -0.3 is 11.1 Å². The summed E-state index contributed by atoms with van der Waals surface area (Å²) in [4.78, 5) is 26.0. The van der Waals surface area contributed by atoms with Crippen LogP contribution in [0.2, 0.25) is 10.0 Å². The summed E-state index contributed by atoms with van der Waals surface area (Å²) in [5.74, 6) is -0.576. The molecule has 1 heterocycles. The zero-order valence-corrected chi connectivity index (χ0v) is 15.6. The number of amides is 2. The largest absolute Gasteiger partial charge is 0.368 e. The monoisotopic (exact) mass is 391 g/mol. The topological polar surface area (TPSA) is 75.4 Å². The molecule has 7 heteroatoms. The molecule has 1 atom stereocenters. The summed E-state index contributed by atoms with van der Waals surface area (Å²) < 4.78 is 0. The van der Waals surface area contributed by atoms with Crippen LogP contribution in [-0.2, 0) is 11.3 Å². The van der Waals surface area contributed by atoms with Crippen LogP contribution >= 0.6 is 23.2 Å². The van der Waals surface area contributed by atoms with E-state index in [1.807, 2.05) is 24.3 Å². The highest BCUT2D eigenvalue weighted by molar-refractivity contribution is 6.35. The number of likely N-dealkylation sites (tertiary alicyclic amines) is 1. The van der Waals surface area contributed by atoms with Crippen molar-refractivity contribution in [3.63, 3.8) is 0 Å². The average Bonchev–Trinajstić information content (AvgIpc) is 3.02. The number of halogens is 2. The maximum Gasteiger partial charge on any atom is 0.255 e. The third-order valence-electron chi connectivity index (χ3n) is 4.39. The van der Waals surface area contributed by atoms with Crippen LogP contribution in [0.15, 0.2) is 42.5 Å². The molecule has 2 aromatic rings. The van der Waals surface area contributed by atoms with Crippen molar-refractivity contribution in [3.05, 3.63) is 63.6 Å². The quantitative estimate of drug-likeness (QED) is 0.815. The predicted octanol–water partition coefficient (Wildman–Crippen LogP) is 3.70. The lowest BCUT2D eigenvalue weighted by Gasteiger charge is -2.22. The van der Waals surface area contributed by atoms with Gasteiger partial charge in [0.1, 0.15) is 0 Å². The third kappa shape index (κ3) is 4.55. The molecule has 1 aliphatic heterocycles. The Balaban J connectivity index is 1.71. The van der Waals surface area contributed by atoms with Crippen LogP contribution in [0.5, 0.6) is 0 Å². The summed E-state index contributed by atoms with van der Waals surface area (Å²) in [5, 5.41) is 3.66. The van der Waals surface area contributed by atoms with E-state index in [1.165, 1.54) is 0 Å². The smallest absolute Gasteiger partial charge is 0.255 e. The summed E-state index contributed by atoms with van der Waals surface area (Å²) in [5.41, 5.74) is 7.52. The number of primary amides is 1. The van der Waals surface area contributed by atoms with E-state index in [4.69, 9.17) is 28.9 Å². The van der Waals surface area contributed by atoms with Gasteiger partial charge in [-0.2, -0.15) is 0 Å². The number of carbonyl (C=O) groups excluding carboxylic acids is 2. The fourth-order valence-electron chi connectivity index (χ4n) is 3.21. The van der Waals surface area contributed by atoms with Crippen LogP contribution in [0, 0.1) is 0 Å². The molecule has 26 heavy (non-hydrogen) atoms. The van der Waals surface area contributed by atoms with Crippen LogP contribution in [-0.4, -0.2) is 29.3 Å². The SMILES string of the molecule is NC(=O)[C@H]1CCCN1Cc1cccc(NC(=O)c2cc(Cl)cc(Cl)c2)c1. The van der Waals surface area contributed by atoms with E-state index in [0.29, 0.717) is 27.8 Å². The van der Waals surface area contributed by atoms with E-state index in [-0.39, 0.29) is 17.9 Å². The molecule has 2 amide bonds. The van der Waals surface area contributed by atoms with Crippen molar-refractivity contribution in [1.82, 2.24) is 4.90 Å². The van der Waals surface area contributed by atoms with Crippen LogP contribution < -0.4 is 11.1 Å². The highest BCUT2D eigenvalue weighted by Crippen LogP contribution is 2.23. The van der Waals surface area contributed by atoms with Gasteiger partial charge >= 0.3 is 0 Å². The number of benzene rings is 2. The first-order chi connectivity index (χ1) is 12.4. The van der Waals surface area contributed by atoms with Crippen LogP contribution in [0.3, 0.4) is 0 Å². The summed E-state index contributed by atoms with van der Waals surface area (Å²) in [6.45, 7) is 1.45. The average molecular weight is 392 g/mol. The Morgan fingerprint density at radius 1 is 1.15 bits per heavy atom. The number of hydrogen-bond acceptors (Lipinski definition) is 3. The van der Waals surface area contributed by atoms with E-state index in [2.05, 4.69) is 10.2 Å². The number of nitrogens with one attached hydrogen (secondary N) is 1. The first-order valence-corrected chi connectivity index (χ1v) is 9.08. The first kappa shape index (κ1) is 18.7. The number of rotatable bonds is 5. The van der Waals surface area contributed by atoms with Gasteiger partial charge in [-0.1, -0.05) is 35.3 Å². The first-order valence-electron chi connectivity index (χ1n) is 8.32. The van der Waals surface area contributed by atoms with Gasteiger partial charge in [0.2, 0.25) is 5.91 Å². The van der Waals surface area contributed by atoms with Crippen molar-refractivity contribution in [2.75, 3.05) is 11.9 Å². The van der Waals surface area contributed by atoms with Crippen LogP contribution in [0.25, 0.3) is 0 Å². The Labute approximate surface area is 162 Å². The van der Waals surface area contributed by atoms with Crippen LogP contribution in [0.1, 0.15) is 28.8 Å². The maximum atomic E-state index is 12.4. The van der Waals surface area contributed by atoms with E-state index in [1.54, 1.807) is 18.2 Å². The van der Waals surface area contributed by atoms with Crippen molar-refractivity contribution in [1.29, 1.82) is 0 Å². The van der Waals surface area contributed by atoms with Gasteiger partial charge in [-0.15, -0.1) is 0 Å². The molecule has 3 rings (SSSR count). The Kier molecular flexibility index (Phi) is 5.81. The Morgan fingerprint density at radius 2 is 1.88 bits per heavy atom. The van der Waals surface area contributed by atoms with E-state index >= 15 is 0 Å². The summed E-state index contributed by atoms with van der Waals surface area (Å²) in [7, 11) is 0. The minimum Gasteiger partial charge on any atom is -0.368 e. The van der Waals surface area contributed by atoms with E-state index < -0.39 is 0 Å². The molecule has 1 aliphatic rings. The van der Waals surface area contributed by atoms with E-state index in [9.17, 15) is 9.59 Å². The minimum atomic E-state index is -0.289. The normalized spacial score (nSPS) is 17.2. The van der Waals surface area contributed by atoms with Gasteiger partial charge in [-0.05, 0) is 55.3 Å². The Morgan fingerprint density at radius 3 is 2.58 bits per heavy atom. The third-order valence-corrected chi connectivity index (χ3v) is 4.82. The minimum absolute atomic E-state index is 0.221. The fourth-order valence-corrected chi connectivity index (χ4v) is 3.73. The Bertz CT molecular complexity index is 821. The molecule has 0 bridgehead atoms. The molecule has 136 valence electrons. The molecule has 1 fully saturated rings. The standard InChI is InChI=1S/C19H19Cl2N3O2/c20-14-8-13(9-15(21)10-14)19(26)23-16-4-1-3-12(7-16)11-24-6-2-5-17(24)18(22)25/h1,3-4,7-10,17H,2,5-6,11H2,(H2,22,25)(H,23,26)/t17-/m1/s1. The fraction of sp³-hybridized carbons (Fsp3) is 0.263. The van der Waals surface area contributed by atoms with Crippen molar-refractivity contribution in [2.24, 2.45) is 5.73 Å². The molecule has 0 unspecified atom stereocenters. The predicted molar refractivity (Wildman–Crippen MR) is 103 cm³/mol. The molecule has 2 aromatic carbocycles. The molecular weight excluding hydrogens is 373 g/mol. The molecule has 0 aliphatic carbocycles. The number of anilines is 1. The molecule has 0 radical (unpaired) electrons. The highest BCUT2D eigenvalue weighted by Gasteiger charge is 2.28. The molecule has 0 spiro atoms. The summed E-state index contributed by atoms with van der Waals surface area (Å²) in [6.07, 6.45) is 1.75. The van der Waals surface area contributed by atoms with Crippen molar-refractivity contribution in [3.8, 4) is 0 Å². The Hall–Kier alpha value is -2.08. The zero-order chi connectivity index (χ0) is 18.7. The van der Waals surface area contributed by atoms with Gasteiger partial charge in [0, 0.05) is 27.8 Å². The molecule has 0 saturated carbocycles. The highest BCUT2D eigenvalue weighted by atomic mass is 35.5. The lowest BCUT2D eigenvalue weighted by Crippen LogP contribution is -2.39. The van der Waals surface area contributed by atoms with Crippen molar-refractivity contribution >= 4 is 40.7 Å². The lowest BCUT2D eigenvalue weighted by molar-refractivity contribution is -0.122. The second-order valence-electron chi connectivity index (χ2n) is 6.34. The second kappa shape index (κ2) is 8.08. The van der Waals surface area contributed by atoms with Gasteiger partial charge in [-0.3, -0.25) is 14.5 Å². The zero-order valence-electron chi connectivity index (χ0n) is 14.0. The lowest BCUT2D eigenvalue weighted by atomic mass is 10.1. The van der Waals surface area contributed by atoms with Crippen molar-refractivity contribution in [2.45, 2.75) is 25.4 Å². The van der Waals surface area contributed by atoms with Crippen LogP contribution in [0.4, 0.5) is 5.69 Å². The van der Waals surface area contributed by atoms with Gasteiger partial charge in [0.15, 0.2) is 0 Å². The maximum absolute atomic E-state index is 12.4. The number of nitrogens with two attached hydrogens (primary N) is 1. The number of carbonyl (C=O) groups is 2. The molecule has 3 N–H and O–H groups in total. The number of hydrogen-bond donors (Lipinski definition) is 2. The molecule has 1 saturated heterocycles. The summed E-state index contributed by atoms with van der Waals surface area (Å²) >= 11 is 11.9. The van der Waals surface area contributed by atoms with E-state index in [0.717, 1.165) is 24.9 Å².